The average molecular weight is 392 g/mol. The maximum Gasteiger partial charge on any atom is 0.277 e. The van der Waals surface area contributed by atoms with Crippen molar-refractivity contribution >= 4 is 38.9 Å². The number of carbonyl (C=O) groups excluding carboxylic acids is 1. The van der Waals surface area contributed by atoms with Crippen LogP contribution in [0.25, 0.3) is 11.3 Å². The minimum atomic E-state index is -3.39. The Kier molecular flexibility index (Phi) is 4.97. The molecule has 7 nitrogen and oxygen atoms in total. The molecule has 0 saturated heterocycles. The van der Waals surface area contributed by atoms with Crippen molar-refractivity contribution in [3.05, 3.63) is 65.3 Å². The van der Waals surface area contributed by atoms with Gasteiger partial charge in [0.2, 0.25) is 10.0 Å². The molecule has 9 heteroatoms. The number of carbonyl (C=O) groups is 1. The molecule has 0 aliphatic carbocycles. The number of aromatic nitrogens is 1. The summed E-state index contributed by atoms with van der Waals surface area (Å²) in [5.41, 5.74) is 1.58. The van der Waals surface area contributed by atoms with Crippen LogP contribution in [0.5, 0.6) is 0 Å². The van der Waals surface area contributed by atoms with Crippen molar-refractivity contribution in [3.8, 4) is 11.3 Å². The van der Waals surface area contributed by atoms with Crippen LogP contribution in [-0.4, -0.2) is 25.7 Å². The van der Waals surface area contributed by atoms with Crippen LogP contribution >= 0.6 is 11.6 Å². The number of anilines is 2. The van der Waals surface area contributed by atoms with Gasteiger partial charge in [0.25, 0.3) is 5.91 Å². The molecule has 0 fully saturated rings. The van der Waals surface area contributed by atoms with Gasteiger partial charge in [-0.3, -0.25) is 9.52 Å². The van der Waals surface area contributed by atoms with E-state index in [2.05, 4.69) is 15.2 Å². The van der Waals surface area contributed by atoms with Gasteiger partial charge < -0.3 is 9.84 Å². The van der Waals surface area contributed by atoms with E-state index in [-0.39, 0.29) is 5.69 Å². The van der Waals surface area contributed by atoms with Gasteiger partial charge in [0.15, 0.2) is 11.5 Å². The van der Waals surface area contributed by atoms with Crippen molar-refractivity contribution in [2.24, 2.45) is 0 Å². The summed E-state index contributed by atoms with van der Waals surface area (Å²) in [5, 5.41) is 6.92. The monoisotopic (exact) mass is 391 g/mol. The minimum absolute atomic E-state index is 0.0847. The van der Waals surface area contributed by atoms with E-state index in [1.165, 1.54) is 6.07 Å². The number of hydrogen-bond donors (Lipinski definition) is 2. The van der Waals surface area contributed by atoms with Gasteiger partial charge in [0.05, 0.1) is 6.26 Å². The molecule has 134 valence electrons. The van der Waals surface area contributed by atoms with Gasteiger partial charge in [0.1, 0.15) is 0 Å². The maximum atomic E-state index is 12.3. The lowest BCUT2D eigenvalue weighted by Crippen LogP contribution is -2.11. The fourth-order valence-corrected chi connectivity index (χ4v) is 2.98. The number of rotatable bonds is 5. The van der Waals surface area contributed by atoms with Gasteiger partial charge in [-0.25, -0.2) is 8.42 Å². The van der Waals surface area contributed by atoms with Crippen LogP contribution < -0.4 is 10.0 Å². The third kappa shape index (κ3) is 4.62. The third-order valence-electron chi connectivity index (χ3n) is 3.28. The quantitative estimate of drug-likeness (QED) is 0.691. The summed E-state index contributed by atoms with van der Waals surface area (Å²) in [5.74, 6) is -0.119. The predicted molar refractivity (Wildman–Crippen MR) is 99.8 cm³/mol. The number of sulfonamides is 1. The number of halogens is 1. The second-order valence-electron chi connectivity index (χ2n) is 5.50. The minimum Gasteiger partial charge on any atom is -0.355 e. The molecule has 0 aliphatic heterocycles. The van der Waals surface area contributed by atoms with Crippen LogP contribution in [0.1, 0.15) is 10.5 Å². The number of nitrogens with one attached hydrogen (secondary N) is 2. The second-order valence-corrected chi connectivity index (χ2v) is 7.68. The SMILES string of the molecule is CS(=O)(=O)Nc1cccc(-c2cc(C(=O)Nc3cccc(Cl)c3)no2)c1. The van der Waals surface area contributed by atoms with E-state index in [0.29, 0.717) is 27.7 Å². The first-order valence-electron chi connectivity index (χ1n) is 7.42. The average Bonchev–Trinajstić information content (AvgIpc) is 3.03. The van der Waals surface area contributed by atoms with E-state index in [1.54, 1.807) is 48.5 Å². The topological polar surface area (TPSA) is 101 Å². The summed E-state index contributed by atoms with van der Waals surface area (Å²) in [6.45, 7) is 0. The molecular formula is C17H14ClN3O4S. The zero-order valence-corrected chi connectivity index (χ0v) is 15.1. The fraction of sp³-hybridized carbons (Fsp3) is 0.0588. The second kappa shape index (κ2) is 7.19. The number of nitrogens with zero attached hydrogens (tertiary/aromatic N) is 1. The normalized spacial score (nSPS) is 11.2. The molecule has 0 spiro atoms. The van der Waals surface area contributed by atoms with Gasteiger partial charge in [-0.2, -0.15) is 0 Å². The highest BCUT2D eigenvalue weighted by Crippen LogP contribution is 2.24. The van der Waals surface area contributed by atoms with Gasteiger partial charge in [0, 0.05) is 28.0 Å². The van der Waals surface area contributed by atoms with Crippen LogP contribution in [0.4, 0.5) is 11.4 Å². The largest absolute Gasteiger partial charge is 0.355 e. The van der Waals surface area contributed by atoms with Gasteiger partial charge in [-0.05, 0) is 30.3 Å². The molecule has 0 atom stereocenters. The molecule has 2 aromatic carbocycles. The smallest absolute Gasteiger partial charge is 0.277 e. The van der Waals surface area contributed by atoms with Crippen LogP contribution in [0.3, 0.4) is 0 Å². The Balaban J connectivity index is 1.79. The number of benzene rings is 2. The van der Waals surface area contributed by atoms with E-state index in [1.807, 2.05) is 0 Å². The fourth-order valence-electron chi connectivity index (χ4n) is 2.23. The van der Waals surface area contributed by atoms with E-state index in [9.17, 15) is 13.2 Å². The van der Waals surface area contributed by atoms with Crippen LogP contribution in [0.2, 0.25) is 5.02 Å². The molecule has 0 bridgehead atoms. The highest BCUT2D eigenvalue weighted by Gasteiger charge is 2.15. The Morgan fingerprint density at radius 2 is 1.81 bits per heavy atom. The summed E-state index contributed by atoms with van der Waals surface area (Å²) in [7, 11) is -3.39. The van der Waals surface area contributed by atoms with Gasteiger partial charge in [-0.15, -0.1) is 0 Å². The zero-order chi connectivity index (χ0) is 18.7. The Hall–Kier alpha value is -2.84. The van der Waals surface area contributed by atoms with E-state index in [0.717, 1.165) is 6.26 Å². The molecular weight excluding hydrogens is 378 g/mol. The van der Waals surface area contributed by atoms with Gasteiger partial charge in [-0.1, -0.05) is 35.0 Å². The molecule has 0 unspecified atom stereocenters. The number of amides is 1. The Labute approximate surface area is 155 Å². The third-order valence-corrected chi connectivity index (χ3v) is 4.12. The zero-order valence-electron chi connectivity index (χ0n) is 13.6. The molecule has 26 heavy (non-hydrogen) atoms. The lowest BCUT2D eigenvalue weighted by atomic mass is 10.1. The van der Waals surface area contributed by atoms with Crippen LogP contribution in [-0.2, 0) is 10.0 Å². The van der Waals surface area contributed by atoms with Crippen molar-refractivity contribution in [2.45, 2.75) is 0 Å². The summed E-state index contributed by atoms with van der Waals surface area (Å²) in [4.78, 5) is 12.3. The molecule has 0 radical (unpaired) electrons. The first-order chi connectivity index (χ1) is 12.3. The van der Waals surface area contributed by atoms with E-state index < -0.39 is 15.9 Å². The molecule has 1 amide bonds. The van der Waals surface area contributed by atoms with E-state index >= 15 is 0 Å². The van der Waals surface area contributed by atoms with Crippen molar-refractivity contribution in [2.75, 3.05) is 16.3 Å². The number of hydrogen-bond acceptors (Lipinski definition) is 5. The van der Waals surface area contributed by atoms with Crippen molar-refractivity contribution in [1.29, 1.82) is 0 Å². The molecule has 3 rings (SSSR count). The maximum absolute atomic E-state index is 12.3. The van der Waals surface area contributed by atoms with Crippen molar-refractivity contribution in [3.63, 3.8) is 0 Å². The Morgan fingerprint density at radius 3 is 2.54 bits per heavy atom. The summed E-state index contributed by atoms with van der Waals surface area (Å²) in [6.07, 6.45) is 1.06. The highest BCUT2D eigenvalue weighted by atomic mass is 35.5. The highest BCUT2D eigenvalue weighted by molar-refractivity contribution is 7.92. The molecule has 1 aromatic heterocycles. The molecule has 2 N–H and O–H groups in total. The standard InChI is InChI=1S/C17H14ClN3O4S/c1-26(23,24)21-14-7-2-4-11(8-14)16-10-15(20-25-16)17(22)19-13-6-3-5-12(18)9-13/h2-10,21H,1H3,(H,19,22). The molecule has 0 saturated carbocycles. The van der Waals surface area contributed by atoms with Crippen LogP contribution in [0.15, 0.2) is 59.1 Å². The predicted octanol–water partition coefficient (Wildman–Crippen LogP) is 3.62. The Morgan fingerprint density at radius 1 is 1.08 bits per heavy atom. The first-order valence-corrected chi connectivity index (χ1v) is 9.69. The van der Waals surface area contributed by atoms with E-state index in [4.69, 9.17) is 16.1 Å². The summed E-state index contributed by atoms with van der Waals surface area (Å²) in [6, 6.07) is 14.8. The lowest BCUT2D eigenvalue weighted by molar-refractivity contribution is 0.101. The van der Waals surface area contributed by atoms with Crippen LogP contribution in [0, 0.1) is 0 Å². The molecule has 3 aromatic rings. The summed E-state index contributed by atoms with van der Waals surface area (Å²) < 4.78 is 30.2. The summed E-state index contributed by atoms with van der Waals surface area (Å²) >= 11 is 5.88. The molecule has 1 heterocycles. The first kappa shape index (κ1) is 18.0. The van der Waals surface area contributed by atoms with Crippen molar-refractivity contribution < 1.29 is 17.7 Å². The molecule has 0 aliphatic rings. The lowest BCUT2D eigenvalue weighted by Gasteiger charge is -2.04. The van der Waals surface area contributed by atoms with Gasteiger partial charge >= 0.3 is 0 Å². The Bertz CT molecular complexity index is 1060. The van der Waals surface area contributed by atoms with Crippen molar-refractivity contribution in [1.82, 2.24) is 5.16 Å².